The first kappa shape index (κ1) is 9.68. The van der Waals surface area contributed by atoms with Crippen LogP contribution in [0.2, 0.25) is 0 Å². The van der Waals surface area contributed by atoms with Crippen molar-refractivity contribution in [3.63, 3.8) is 0 Å². The summed E-state index contributed by atoms with van der Waals surface area (Å²) in [6.07, 6.45) is 0.941. The molecule has 0 radical (unpaired) electrons. The number of β-lactam (4-membered cyclic amide) rings is 1. The van der Waals surface area contributed by atoms with Gasteiger partial charge >= 0.3 is 0 Å². The van der Waals surface area contributed by atoms with Gasteiger partial charge in [0.25, 0.3) is 0 Å². The molecule has 1 saturated heterocycles. The van der Waals surface area contributed by atoms with E-state index in [1.54, 1.807) is 11.3 Å². The molecule has 2 atom stereocenters. The fourth-order valence-corrected chi connectivity index (χ4v) is 2.53. The van der Waals surface area contributed by atoms with E-state index < -0.39 is 0 Å². The van der Waals surface area contributed by atoms with Crippen LogP contribution < -0.4 is 5.73 Å². The molecular formula is C10H14N2OS. The summed E-state index contributed by atoms with van der Waals surface area (Å²) < 4.78 is 0. The lowest BCUT2D eigenvalue weighted by Crippen LogP contribution is -2.63. The summed E-state index contributed by atoms with van der Waals surface area (Å²) in [7, 11) is 0. The Morgan fingerprint density at radius 3 is 3.07 bits per heavy atom. The average molecular weight is 210 g/mol. The molecule has 0 bridgehead atoms. The predicted octanol–water partition coefficient (Wildman–Crippen LogP) is 0.849. The van der Waals surface area contributed by atoms with E-state index in [1.807, 2.05) is 11.0 Å². The Hall–Kier alpha value is -0.870. The molecule has 76 valence electrons. The summed E-state index contributed by atoms with van der Waals surface area (Å²) in [5, 5.41) is 2.06. The van der Waals surface area contributed by atoms with Crippen molar-refractivity contribution in [1.29, 1.82) is 0 Å². The molecule has 0 aliphatic carbocycles. The van der Waals surface area contributed by atoms with Crippen LogP contribution in [-0.2, 0) is 11.2 Å². The van der Waals surface area contributed by atoms with Crippen molar-refractivity contribution in [3.05, 3.63) is 22.4 Å². The standard InChI is InChI=1S/C10H14N2OS/c1-7(5-8-3-2-4-14-8)12-6-9(11)10(12)13/h2-4,7,9H,5-6,11H2,1H3. The molecule has 3 nitrogen and oxygen atoms in total. The topological polar surface area (TPSA) is 46.3 Å². The highest BCUT2D eigenvalue weighted by molar-refractivity contribution is 7.09. The van der Waals surface area contributed by atoms with Crippen LogP contribution in [0, 0.1) is 0 Å². The van der Waals surface area contributed by atoms with Gasteiger partial charge < -0.3 is 10.6 Å². The van der Waals surface area contributed by atoms with Crippen LogP contribution in [0.15, 0.2) is 17.5 Å². The summed E-state index contributed by atoms with van der Waals surface area (Å²) in [4.78, 5) is 14.5. The molecular weight excluding hydrogens is 196 g/mol. The van der Waals surface area contributed by atoms with Gasteiger partial charge in [-0.05, 0) is 18.4 Å². The number of nitrogens with two attached hydrogens (primary N) is 1. The minimum atomic E-state index is -0.249. The first-order valence-electron chi connectivity index (χ1n) is 4.77. The Morgan fingerprint density at radius 1 is 1.79 bits per heavy atom. The Balaban J connectivity index is 1.91. The quantitative estimate of drug-likeness (QED) is 0.752. The van der Waals surface area contributed by atoms with Gasteiger partial charge in [0.2, 0.25) is 5.91 Å². The van der Waals surface area contributed by atoms with Crippen LogP contribution in [0.25, 0.3) is 0 Å². The summed E-state index contributed by atoms with van der Waals surface area (Å²) in [5.41, 5.74) is 5.53. The zero-order chi connectivity index (χ0) is 10.1. The molecule has 14 heavy (non-hydrogen) atoms. The molecule has 2 rings (SSSR count). The number of carbonyl (C=O) groups excluding carboxylic acids is 1. The van der Waals surface area contributed by atoms with E-state index >= 15 is 0 Å². The molecule has 1 fully saturated rings. The second-order valence-electron chi connectivity index (χ2n) is 3.73. The highest BCUT2D eigenvalue weighted by atomic mass is 32.1. The first-order valence-corrected chi connectivity index (χ1v) is 5.65. The van der Waals surface area contributed by atoms with E-state index in [0.717, 1.165) is 6.42 Å². The number of likely N-dealkylation sites (tertiary alicyclic amines) is 1. The SMILES string of the molecule is CC(Cc1cccs1)N1CC(N)C1=O. The summed E-state index contributed by atoms with van der Waals surface area (Å²) >= 11 is 1.74. The van der Waals surface area contributed by atoms with E-state index in [9.17, 15) is 4.79 Å². The maximum Gasteiger partial charge on any atom is 0.241 e. The van der Waals surface area contributed by atoms with Gasteiger partial charge in [0.1, 0.15) is 6.04 Å². The maximum absolute atomic E-state index is 11.3. The zero-order valence-corrected chi connectivity index (χ0v) is 8.96. The van der Waals surface area contributed by atoms with Crippen LogP contribution in [-0.4, -0.2) is 29.4 Å². The van der Waals surface area contributed by atoms with Gasteiger partial charge in [-0.3, -0.25) is 4.79 Å². The number of thiophene rings is 1. The number of rotatable bonds is 3. The molecule has 0 spiro atoms. The number of hydrogen-bond donors (Lipinski definition) is 1. The van der Waals surface area contributed by atoms with Gasteiger partial charge in [-0.2, -0.15) is 0 Å². The lowest BCUT2D eigenvalue weighted by Gasteiger charge is -2.40. The number of nitrogens with zero attached hydrogens (tertiary/aromatic N) is 1. The molecule has 0 saturated carbocycles. The second-order valence-corrected chi connectivity index (χ2v) is 4.76. The van der Waals surface area contributed by atoms with E-state index in [2.05, 4.69) is 18.4 Å². The van der Waals surface area contributed by atoms with Crippen molar-refractivity contribution < 1.29 is 4.79 Å². The molecule has 2 N–H and O–H groups in total. The van der Waals surface area contributed by atoms with Gasteiger partial charge in [-0.15, -0.1) is 11.3 Å². The molecule has 1 aromatic heterocycles. The van der Waals surface area contributed by atoms with Crippen LogP contribution in [0.3, 0.4) is 0 Å². The monoisotopic (exact) mass is 210 g/mol. The van der Waals surface area contributed by atoms with Crippen molar-refractivity contribution >= 4 is 17.2 Å². The number of hydrogen-bond acceptors (Lipinski definition) is 3. The maximum atomic E-state index is 11.3. The third-order valence-corrected chi connectivity index (χ3v) is 3.50. The van der Waals surface area contributed by atoms with Gasteiger partial charge in [-0.1, -0.05) is 6.07 Å². The molecule has 1 aliphatic rings. The Kier molecular flexibility index (Phi) is 2.56. The van der Waals surface area contributed by atoms with Crippen LogP contribution in [0.5, 0.6) is 0 Å². The largest absolute Gasteiger partial charge is 0.336 e. The molecule has 1 aliphatic heterocycles. The van der Waals surface area contributed by atoms with Gasteiger partial charge in [0.15, 0.2) is 0 Å². The lowest BCUT2D eigenvalue weighted by molar-refractivity contribution is -0.145. The van der Waals surface area contributed by atoms with E-state index in [1.165, 1.54) is 4.88 Å². The Bertz CT molecular complexity index is 323. The van der Waals surface area contributed by atoms with Crippen molar-refractivity contribution in [1.82, 2.24) is 4.90 Å². The van der Waals surface area contributed by atoms with Gasteiger partial charge in [-0.25, -0.2) is 0 Å². The highest BCUT2D eigenvalue weighted by Crippen LogP contribution is 2.18. The smallest absolute Gasteiger partial charge is 0.241 e. The molecule has 2 unspecified atom stereocenters. The normalized spacial score (nSPS) is 23.4. The van der Waals surface area contributed by atoms with E-state index in [0.29, 0.717) is 6.54 Å². The second kappa shape index (κ2) is 3.71. The highest BCUT2D eigenvalue weighted by Gasteiger charge is 2.36. The average Bonchev–Trinajstić information content (AvgIpc) is 2.65. The first-order chi connectivity index (χ1) is 6.68. The van der Waals surface area contributed by atoms with Gasteiger partial charge in [0, 0.05) is 23.9 Å². The van der Waals surface area contributed by atoms with Crippen molar-refractivity contribution in [2.24, 2.45) is 5.73 Å². The van der Waals surface area contributed by atoms with Crippen LogP contribution >= 0.6 is 11.3 Å². The number of carbonyl (C=O) groups is 1. The number of amides is 1. The Morgan fingerprint density at radius 2 is 2.57 bits per heavy atom. The van der Waals surface area contributed by atoms with E-state index in [4.69, 9.17) is 5.73 Å². The van der Waals surface area contributed by atoms with Crippen molar-refractivity contribution in [3.8, 4) is 0 Å². The van der Waals surface area contributed by atoms with Crippen molar-refractivity contribution in [2.75, 3.05) is 6.54 Å². The van der Waals surface area contributed by atoms with Crippen molar-refractivity contribution in [2.45, 2.75) is 25.4 Å². The minimum absolute atomic E-state index is 0.0917. The third kappa shape index (κ3) is 1.67. The Labute approximate surface area is 87.5 Å². The fourth-order valence-electron chi connectivity index (χ4n) is 1.71. The zero-order valence-electron chi connectivity index (χ0n) is 8.14. The summed E-state index contributed by atoms with van der Waals surface area (Å²) in [5.74, 6) is 0.0917. The summed E-state index contributed by atoms with van der Waals surface area (Å²) in [6, 6.07) is 4.17. The molecule has 4 heteroatoms. The van der Waals surface area contributed by atoms with Crippen LogP contribution in [0.4, 0.5) is 0 Å². The molecule has 1 amide bonds. The van der Waals surface area contributed by atoms with Crippen LogP contribution in [0.1, 0.15) is 11.8 Å². The van der Waals surface area contributed by atoms with E-state index in [-0.39, 0.29) is 18.0 Å². The van der Waals surface area contributed by atoms with Gasteiger partial charge in [0.05, 0.1) is 0 Å². The summed E-state index contributed by atoms with van der Waals surface area (Å²) in [6.45, 7) is 2.79. The predicted molar refractivity (Wildman–Crippen MR) is 57.2 cm³/mol. The third-order valence-electron chi connectivity index (χ3n) is 2.60. The molecule has 0 aromatic carbocycles. The fraction of sp³-hybridized carbons (Fsp3) is 0.500. The molecule has 1 aromatic rings. The lowest BCUT2D eigenvalue weighted by atomic mass is 10.0. The minimum Gasteiger partial charge on any atom is -0.336 e. The molecule has 2 heterocycles.